The number of hydrogen-bond acceptors (Lipinski definition) is 3. The molecule has 3 aromatic rings. The van der Waals surface area contributed by atoms with Crippen molar-refractivity contribution >= 4 is 50.4 Å². The second-order valence-corrected chi connectivity index (χ2v) is 5.74. The van der Waals surface area contributed by atoms with E-state index in [0.29, 0.717) is 15.7 Å². The van der Waals surface area contributed by atoms with Crippen molar-refractivity contribution in [2.45, 2.75) is 0 Å². The van der Waals surface area contributed by atoms with Crippen LogP contribution in [0.4, 0.5) is 5.69 Å². The summed E-state index contributed by atoms with van der Waals surface area (Å²) in [5, 5.41) is 2.16. The first kappa shape index (κ1) is 11.8. The van der Waals surface area contributed by atoms with Crippen molar-refractivity contribution in [2.75, 3.05) is 5.73 Å². The quantitative estimate of drug-likeness (QED) is 0.652. The zero-order valence-corrected chi connectivity index (χ0v) is 11.5. The molecule has 1 heterocycles. The van der Waals surface area contributed by atoms with Crippen molar-refractivity contribution in [1.82, 2.24) is 4.98 Å². The molecule has 0 radical (unpaired) electrons. The molecule has 1 aromatic heterocycles. The summed E-state index contributed by atoms with van der Waals surface area (Å²) in [5.41, 5.74) is 8.23. The lowest BCUT2D eigenvalue weighted by molar-refractivity contribution is 1.48. The predicted molar refractivity (Wildman–Crippen MR) is 79.5 cm³/mol. The topological polar surface area (TPSA) is 38.9 Å². The smallest absolute Gasteiger partial charge is 0.124 e. The molecule has 0 aliphatic rings. The lowest BCUT2D eigenvalue weighted by Crippen LogP contribution is -1.86. The molecule has 0 aliphatic carbocycles. The summed E-state index contributed by atoms with van der Waals surface area (Å²) in [7, 11) is 0. The summed E-state index contributed by atoms with van der Waals surface area (Å²) in [6.45, 7) is 0. The van der Waals surface area contributed by atoms with Crippen LogP contribution in [0.3, 0.4) is 0 Å². The number of nitrogen functional groups attached to an aromatic ring is 1. The number of nitrogens with zero attached hydrogens (tertiary/aromatic N) is 1. The minimum absolute atomic E-state index is 0.558. The number of anilines is 1. The van der Waals surface area contributed by atoms with Crippen LogP contribution in [0.15, 0.2) is 36.4 Å². The van der Waals surface area contributed by atoms with Crippen molar-refractivity contribution < 1.29 is 0 Å². The van der Waals surface area contributed by atoms with Crippen LogP contribution in [-0.2, 0) is 0 Å². The van der Waals surface area contributed by atoms with Crippen molar-refractivity contribution in [3.8, 4) is 10.6 Å². The molecule has 0 bridgehead atoms. The fourth-order valence-electron chi connectivity index (χ4n) is 1.70. The monoisotopic (exact) mass is 294 g/mol. The van der Waals surface area contributed by atoms with Gasteiger partial charge in [-0.15, -0.1) is 11.3 Å². The Morgan fingerprint density at radius 3 is 2.67 bits per heavy atom. The number of nitrogens with two attached hydrogens (primary N) is 1. The Balaban J connectivity index is 2.16. The van der Waals surface area contributed by atoms with E-state index in [1.54, 1.807) is 17.4 Å². The highest BCUT2D eigenvalue weighted by atomic mass is 35.5. The Bertz CT molecular complexity index is 737. The van der Waals surface area contributed by atoms with Gasteiger partial charge in [0.25, 0.3) is 0 Å². The number of aromatic nitrogens is 1. The zero-order valence-electron chi connectivity index (χ0n) is 9.15. The molecule has 18 heavy (non-hydrogen) atoms. The lowest BCUT2D eigenvalue weighted by atomic mass is 10.2. The van der Waals surface area contributed by atoms with E-state index in [1.165, 1.54) is 0 Å². The molecule has 3 rings (SSSR count). The first-order valence-corrected chi connectivity index (χ1v) is 6.82. The lowest BCUT2D eigenvalue weighted by Gasteiger charge is -2.00. The highest BCUT2D eigenvalue weighted by Crippen LogP contribution is 2.33. The molecule has 0 aliphatic heterocycles. The average molecular weight is 295 g/mol. The zero-order chi connectivity index (χ0) is 12.7. The van der Waals surface area contributed by atoms with Gasteiger partial charge < -0.3 is 5.73 Å². The van der Waals surface area contributed by atoms with E-state index in [9.17, 15) is 0 Å². The molecule has 2 aromatic carbocycles. The highest BCUT2D eigenvalue weighted by Gasteiger charge is 2.08. The van der Waals surface area contributed by atoms with Crippen LogP contribution >= 0.6 is 34.5 Å². The molecule has 5 heteroatoms. The molecule has 0 unspecified atom stereocenters. The van der Waals surface area contributed by atoms with Crippen LogP contribution < -0.4 is 5.73 Å². The number of thiazole rings is 1. The van der Waals surface area contributed by atoms with Crippen LogP contribution in [0.5, 0.6) is 0 Å². The minimum Gasteiger partial charge on any atom is -0.398 e. The van der Waals surface area contributed by atoms with E-state index in [2.05, 4.69) is 4.98 Å². The van der Waals surface area contributed by atoms with Gasteiger partial charge in [-0.2, -0.15) is 0 Å². The molecule has 0 saturated heterocycles. The van der Waals surface area contributed by atoms with Crippen LogP contribution in [0.1, 0.15) is 0 Å². The van der Waals surface area contributed by atoms with Crippen LogP contribution in [0.2, 0.25) is 10.0 Å². The minimum atomic E-state index is 0.558. The largest absolute Gasteiger partial charge is 0.398 e. The third-order valence-electron chi connectivity index (χ3n) is 2.59. The normalized spacial score (nSPS) is 11.0. The Hall–Kier alpha value is -1.29. The van der Waals surface area contributed by atoms with Gasteiger partial charge in [0.1, 0.15) is 5.01 Å². The van der Waals surface area contributed by atoms with Gasteiger partial charge in [0.05, 0.1) is 20.9 Å². The van der Waals surface area contributed by atoms with Crippen LogP contribution in [0, 0.1) is 0 Å². The fourth-order valence-corrected chi connectivity index (χ4v) is 2.93. The number of halogens is 2. The second-order valence-electron chi connectivity index (χ2n) is 3.87. The summed E-state index contributed by atoms with van der Waals surface area (Å²) >= 11 is 13.5. The van der Waals surface area contributed by atoms with E-state index < -0.39 is 0 Å². The van der Waals surface area contributed by atoms with Gasteiger partial charge >= 0.3 is 0 Å². The maximum Gasteiger partial charge on any atom is 0.124 e. The third kappa shape index (κ3) is 2.05. The first-order chi connectivity index (χ1) is 8.63. The van der Waals surface area contributed by atoms with E-state index in [1.807, 2.05) is 30.3 Å². The average Bonchev–Trinajstić information content (AvgIpc) is 2.75. The second kappa shape index (κ2) is 4.43. The highest BCUT2D eigenvalue weighted by molar-refractivity contribution is 7.21. The molecule has 0 amide bonds. The molecular formula is C13H8Cl2N2S. The molecule has 0 atom stereocenters. The van der Waals surface area contributed by atoms with E-state index in [4.69, 9.17) is 28.9 Å². The van der Waals surface area contributed by atoms with Gasteiger partial charge in [-0.3, -0.25) is 0 Å². The van der Waals surface area contributed by atoms with Gasteiger partial charge in [-0.05, 0) is 30.3 Å². The van der Waals surface area contributed by atoms with Crippen molar-refractivity contribution in [3.05, 3.63) is 46.4 Å². The van der Waals surface area contributed by atoms with Gasteiger partial charge in [0, 0.05) is 10.6 Å². The van der Waals surface area contributed by atoms with Crippen LogP contribution in [-0.4, -0.2) is 4.98 Å². The van der Waals surface area contributed by atoms with E-state index in [0.717, 1.165) is 20.8 Å². The predicted octanol–water partition coefficient (Wildman–Crippen LogP) is 4.85. The first-order valence-electron chi connectivity index (χ1n) is 5.25. The van der Waals surface area contributed by atoms with Crippen molar-refractivity contribution in [2.24, 2.45) is 0 Å². The van der Waals surface area contributed by atoms with Gasteiger partial charge in [-0.25, -0.2) is 4.98 Å². The Labute approximate surface area is 118 Å². The summed E-state index contributed by atoms with van der Waals surface area (Å²) in [6.07, 6.45) is 0. The van der Waals surface area contributed by atoms with Crippen LogP contribution in [0.25, 0.3) is 20.8 Å². The SMILES string of the molecule is Nc1cc(-c2nc3cc(Cl)ccc3s2)ccc1Cl. The maximum absolute atomic E-state index is 5.95. The van der Waals surface area contributed by atoms with Gasteiger partial charge in [-0.1, -0.05) is 29.3 Å². The van der Waals surface area contributed by atoms with Gasteiger partial charge in [0.2, 0.25) is 0 Å². The standard InChI is InChI=1S/C13H8Cl2N2S/c14-8-2-4-12-11(6-8)17-13(18-12)7-1-3-9(15)10(16)5-7/h1-6H,16H2. The van der Waals surface area contributed by atoms with E-state index in [-0.39, 0.29) is 0 Å². The number of fused-ring (bicyclic) bond motifs is 1. The van der Waals surface area contributed by atoms with Crippen molar-refractivity contribution in [3.63, 3.8) is 0 Å². The molecular weight excluding hydrogens is 287 g/mol. The summed E-state index contributed by atoms with van der Waals surface area (Å²) in [4.78, 5) is 4.55. The Kier molecular flexibility index (Phi) is 2.90. The Morgan fingerprint density at radius 2 is 1.89 bits per heavy atom. The Morgan fingerprint density at radius 1 is 1.06 bits per heavy atom. The number of benzene rings is 2. The molecule has 0 spiro atoms. The van der Waals surface area contributed by atoms with Gasteiger partial charge in [0.15, 0.2) is 0 Å². The fraction of sp³-hybridized carbons (Fsp3) is 0. The van der Waals surface area contributed by atoms with E-state index >= 15 is 0 Å². The summed E-state index contributed by atoms with van der Waals surface area (Å²) in [6, 6.07) is 11.2. The molecule has 0 saturated carbocycles. The molecule has 2 N–H and O–H groups in total. The maximum atomic E-state index is 5.95. The van der Waals surface area contributed by atoms with Crippen molar-refractivity contribution in [1.29, 1.82) is 0 Å². The number of hydrogen-bond donors (Lipinski definition) is 1. The molecule has 0 fully saturated rings. The molecule has 90 valence electrons. The third-order valence-corrected chi connectivity index (χ3v) is 4.26. The summed E-state index contributed by atoms with van der Waals surface area (Å²) < 4.78 is 1.10. The molecule has 2 nitrogen and oxygen atoms in total. The summed E-state index contributed by atoms with van der Waals surface area (Å²) in [5.74, 6) is 0. The number of rotatable bonds is 1.